The van der Waals surface area contributed by atoms with Gasteiger partial charge in [-0.05, 0) is 42.0 Å². The highest BCUT2D eigenvalue weighted by molar-refractivity contribution is 7.20. The van der Waals surface area contributed by atoms with Crippen molar-refractivity contribution in [3.8, 4) is 11.3 Å². The van der Waals surface area contributed by atoms with E-state index in [2.05, 4.69) is 20.8 Å². The van der Waals surface area contributed by atoms with Crippen molar-refractivity contribution in [1.82, 2.24) is 4.98 Å². The van der Waals surface area contributed by atoms with E-state index >= 15 is 0 Å². The molecule has 0 fully saturated rings. The van der Waals surface area contributed by atoms with E-state index in [0.29, 0.717) is 26.4 Å². The van der Waals surface area contributed by atoms with Gasteiger partial charge in [0.15, 0.2) is 0 Å². The van der Waals surface area contributed by atoms with Crippen molar-refractivity contribution in [1.29, 1.82) is 0 Å². The number of carbonyl (C=O) groups excluding carboxylic acids is 1. The average molecular weight is 451 g/mol. The first-order valence-corrected chi connectivity index (χ1v) is 10.5. The number of benzene rings is 3. The average Bonchev–Trinajstić information content (AvgIpc) is 3.17. The molecular formula is C23H16ClFN4OS. The minimum Gasteiger partial charge on any atom is -0.312 e. The molecule has 0 aliphatic rings. The Hall–Kier alpha value is -3.55. The molecule has 0 radical (unpaired) electrons. The normalized spacial score (nSPS) is 10.9. The molecule has 1 heterocycles. The number of amides is 1. The maximum absolute atomic E-state index is 13.2. The number of thiazole rings is 1. The van der Waals surface area contributed by atoms with Crippen molar-refractivity contribution in [2.45, 2.75) is 0 Å². The van der Waals surface area contributed by atoms with E-state index in [-0.39, 0.29) is 5.91 Å². The van der Waals surface area contributed by atoms with E-state index in [0.717, 1.165) is 11.1 Å². The van der Waals surface area contributed by atoms with Crippen LogP contribution in [0.15, 0.2) is 84.0 Å². The second kappa shape index (κ2) is 9.51. The number of carbonyl (C=O) groups is 1. The molecule has 0 saturated heterocycles. The zero-order valence-corrected chi connectivity index (χ0v) is 17.6. The lowest BCUT2D eigenvalue weighted by molar-refractivity contribution is 0.102. The van der Waals surface area contributed by atoms with Crippen LogP contribution in [0.3, 0.4) is 0 Å². The van der Waals surface area contributed by atoms with Gasteiger partial charge in [-0.2, -0.15) is 5.10 Å². The highest BCUT2D eigenvalue weighted by Gasteiger charge is 2.16. The first-order chi connectivity index (χ1) is 15.1. The zero-order chi connectivity index (χ0) is 21.6. The predicted molar refractivity (Wildman–Crippen MR) is 125 cm³/mol. The van der Waals surface area contributed by atoms with Crippen LogP contribution in [0, 0.1) is 5.82 Å². The second-order valence-corrected chi connectivity index (χ2v) is 7.88. The molecule has 5 nitrogen and oxygen atoms in total. The van der Waals surface area contributed by atoms with Crippen molar-refractivity contribution in [3.05, 3.63) is 101 Å². The third kappa shape index (κ3) is 5.33. The van der Waals surface area contributed by atoms with Crippen molar-refractivity contribution >= 4 is 45.2 Å². The molecule has 3 aromatic carbocycles. The number of aromatic nitrogens is 1. The Labute approximate surface area is 187 Å². The van der Waals surface area contributed by atoms with E-state index < -0.39 is 5.82 Å². The molecule has 0 spiro atoms. The van der Waals surface area contributed by atoms with Gasteiger partial charge in [-0.3, -0.25) is 10.2 Å². The van der Waals surface area contributed by atoms with Gasteiger partial charge in [-0.1, -0.05) is 65.4 Å². The maximum Gasteiger partial charge on any atom is 0.256 e. The molecule has 4 rings (SSSR count). The quantitative estimate of drug-likeness (QED) is 0.267. The van der Waals surface area contributed by atoms with Gasteiger partial charge in [-0.25, -0.2) is 9.37 Å². The molecule has 0 aliphatic heterocycles. The summed E-state index contributed by atoms with van der Waals surface area (Å²) in [4.78, 5) is 17.2. The van der Waals surface area contributed by atoms with Gasteiger partial charge in [0.25, 0.3) is 5.91 Å². The molecule has 4 aromatic rings. The van der Waals surface area contributed by atoms with Crippen molar-refractivity contribution in [2.75, 3.05) is 10.7 Å². The summed E-state index contributed by atoms with van der Waals surface area (Å²) in [6.07, 6.45) is 1.63. The molecule has 31 heavy (non-hydrogen) atoms. The number of hydrogen-bond acceptors (Lipinski definition) is 5. The van der Waals surface area contributed by atoms with Gasteiger partial charge in [-0.15, -0.1) is 0 Å². The lowest BCUT2D eigenvalue weighted by atomic mass is 10.1. The Morgan fingerprint density at radius 3 is 2.55 bits per heavy atom. The Bertz CT molecular complexity index is 1230. The summed E-state index contributed by atoms with van der Waals surface area (Å²) in [6.45, 7) is 0. The maximum atomic E-state index is 13.2. The number of anilines is 2. The van der Waals surface area contributed by atoms with Crippen LogP contribution < -0.4 is 10.7 Å². The summed E-state index contributed by atoms with van der Waals surface area (Å²) < 4.78 is 13.2. The summed E-state index contributed by atoms with van der Waals surface area (Å²) >= 11 is 7.24. The molecule has 8 heteroatoms. The first kappa shape index (κ1) is 20.7. The standard InChI is InChI=1S/C23H16ClFN4OS/c24-18-8-4-5-15(13-18)14-26-29-23-27-20(16-6-2-1-3-7-16)22(31-23)28-21(30)17-9-11-19(25)12-10-17/h1-14H,(H,27,29)(H,28,30)/b26-14+. The number of nitrogens with one attached hydrogen (secondary N) is 2. The third-order valence-electron chi connectivity index (χ3n) is 4.23. The van der Waals surface area contributed by atoms with E-state index in [1.165, 1.54) is 35.6 Å². The number of halogens is 2. The van der Waals surface area contributed by atoms with Crippen molar-refractivity contribution in [3.63, 3.8) is 0 Å². The van der Waals surface area contributed by atoms with Crippen LogP contribution in [0.5, 0.6) is 0 Å². The fourth-order valence-corrected chi connectivity index (χ4v) is 3.80. The number of rotatable bonds is 6. The van der Waals surface area contributed by atoms with Gasteiger partial charge < -0.3 is 5.32 Å². The van der Waals surface area contributed by atoms with E-state index in [9.17, 15) is 9.18 Å². The van der Waals surface area contributed by atoms with Crippen molar-refractivity contribution < 1.29 is 9.18 Å². The molecule has 1 aromatic heterocycles. The van der Waals surface area contributed by atoms with E-state index in [4.69, 9.17) is 11.6 Å². The van der Waals surface area contributed by atoms with Crippen LogP contribution in [0.2, 0.25) is 5.02 Å². The molecule has 1 amide bonds. The summed E-state index contributed by atoms with van der Waals surface area (Å²) in [5.74, 6) is -0.752. The Morgan fingerprint density at radius 2 is 1.81 bits per heavy atom. The highest BCUT2D eigenvalue weighted by Crippen LogP contribution is 2.36. The Morgan fingerprint density at radius 1 is 1.03 bits per heavy atom. The SMILES string of the molecule is O=C(Nc1sc(N/N=C/c2cccc(Cl)c2)nc1-c1ccccc1)c1ccc(F)cc1. The van der Waals surface area contributed by atoms with Gasteiger partial charge in [0.2, 0.25) is 5.13 Å². The fourth-order valence-electron chi connectivity index (χ4n) is 2.77. The lowest BCUT2D eigenvalue weighted by Gasteiger charge is -2.05. The van der Waals surface area contributed by atoms with Crippen LogP contribution in [0.4, 0.5) is 14.5 Å². The number of hydrazone groups is 1. The first-order valence-electron chi connectivity index (χ1n) is 9.26. The third-order valence-corrected chi connectivity index (χ3v) is 5.34. The molecule has 0 unspecified atom stereocenters. The van der Waals surface area contributed by atoms with Crippen LogP contribution >= 0.6 is 22.9 Å². The molecule has 154 valence electrons. The number of hydrogen-bond donors (Lipinski definition) is 2. The van der Waals surface area contributed by atoms with Crippen LogP contribution in [0.1, 0.15) is 15.9 Å². The topological polar surface area (TPSA) is 66.4 Å². The Balaban J connectivity index is 1.58. The van der Waals surface area contributed by atoms with Crippen molar-refractivity contribution in [2.24, 2.45) is 5.10 Å². The summed E-state index contributed by atoms with van der Waals surface area (Å²) in [5.41, 5.74) is 5.54. The van der Waals surface area contributed by atoms with Crippen LogP contribution in [-0.2, 0) is 0 Å². The monoisotopic (exact) mass is 450 g/mol. The Kier molecular flexibility index (Phi) is 6.35. The van der Waals surface area contributed by atoms with Gasteiger partial charge in [0, 0.05) is 16.1 Å². The number of nitrogens with zero attached hydrogens (tertiary/aromatic N) is 2. The van der Waals surface area contributed by atoms with E-state index in [1.807, 2.05) is 42.5 Å². The largest absolute Gasteiger partial charge is 0.312 e. The lowest BCUT2D eigenvalue weighted by Crippen LogP contribution is -2.11. The highest BCUT2D eigenvalue weighted by atomic mass is 35.5. The molecule has 2 N–H and O–H groups in total. The molecule has 0 aliphatic carbocycles. The molecule has 0 saturated carbocycles. The second-order valence-electron chi connectivity index (χ2n) is 6.45. The predicted octanol–water partition coefficient (Wildman–Crippen LogP) is 6.30. The minimum absolute atomic E-state index is 0.349. The molecular weight excluding hydrogens is 435 g/mol. The van der Waals surface area contributed by atoms with Crippen LogP contribution in [0.25, 0.3) is 11.3 Å². The fraction of sp³-hybridized carbons (Fsp3) is 0. The minimum atomic E-state index is -0.400. The molecule has 0 atom stereocenters. The van der Waals surface area contributed by atoms with Gasteiger partial charge >= 0.3 is 0 Å². The summed E-state index contributed by atoms with van der Waals surface area (Å²) in [7, 11) is 0. The van der Waals surface area contributed by atoms with Crippen LogP contribution in [-0.4, -0.2) is 17.1 Å². The van der Waals surface area contributed by atoms with E-state index in [1.54, 1.807) is 18.3 Å². The van der Waals surface area contributed by atoms with Gasteiger partial charge in [0.05, 0.1) is 6.21 Å². The summed E-state index contributed by atoms with van der Waals surface area (Å²) in [5, 5.41) is 8.76. The van der Waals surface area contributed by atoms with Gasteiger partial charge in [0.1, 0.15) is 16.5 Å². The smallest absolute Gasteiger partial charge is 0.256 e. The summed E-state index contributed by atoms with van der Waals surface area (Å²) in [6, 6.07) is 22.2. The zero-order valence-electron chi connectivity index (χ0n) is 16.0. The molecule has 0 bridgehead atoms.